The van der Waals surface area contributed by atoms with Gasteiger partial charge in [-0.05, 0) is 11.6 Å². The van der Waals surface area contributed by atoms with E-state index in [-0.39, 0.29) is 5.41 Å². The molecule has 0 aliphatic carbocycles. The molecule has 2 aromatic rings. The van der Waals surface area contributed by atoms with Crippen LogP contribution in [0.3, 0.4) is 0 Å². The summed E-state index contributed by atoms with van der Waals surface area (Å²) in [4.78, 5) is 4.34. The molecule has 0 aliphatic rings. The van der Waals surface area contributed by atoms with Gasteiger partial charge in [-0.25, -0.2) is 0 Å². The van der Waals surface area contributed by atoms with Gasteiger partial charge < -0.3 is 10.3 Å². The van der Waals surface area contributed by atoms with Crippen LogP contribution in [0.4, 0.5) is 0 Å². The third-order valence-corrected chi connectivity index (χ3v) is 2.96. The van der Waals surface area contributed by atoms with Crippen LogP contribution in [0.5, 0.6) is 0 Å². The van der Waals surface area contributed by atoms with Gasteiger partial charge in [0, 0.05) is 10.4 Å². The van der Waals surface area contributed by atoms with Crippen molar-refractivity contribution in [3.8, 4) is 0 Å². The van der Waals surface area contributed by atoms with E-state index in [1.54, 1.807) is 6.07 Å². The maximum Gasteiger partial charge on any atom is 0.248 e. The van der Waals surface area contributed by atoms with Crippen LogP contribution in [0, 0.1) is 0 Å². The third-order valence-electron chi connectivity index (χ3n) is 2.62. The molecule has 0 unspecified atom stereocenters. The summed E-state index contributed by atoms with van der Waals surface area (Å²) in [6.07, 6.45) is 0. The van der Waals surface area contributed by atoms with Crippen LogP contribution in [0.2, 0.25) is 5.02 Å². The molecule has 96 valence electrons. The van der Waals surface area contributed by atoms with Gasteiger partial charge >= 0.3 is 0 Å². The minimum atomic E-state index is -0.498. The van der Waals surface area contributed by atoms with E-state index in [0.717, 1.165) is 5.56 Å². The topological polar surface area (TPSA) is 64.9 Å². The molecular weight excluding hydrogens is 250 g/mol. The maximum absolute atomic E-state index is 6.10. The second-order valence-corrected chi connectivity index (χ2v) is 5.61. The largest absolute Gasteiger partial charge is 0.337 e. The second-order valence-electron chi connectivity index (χ2n) is 5.21. The predicted molar refractivity (Wildman–Crippen MR) is 70.5 cm³/mol. The Balaban J connectivity index is 2.33. The molecule has 0 amide bonds. The van der Waals surface area contributed by atoms with Crippen LogP contribution in [0.25, 0.3) is 0 Å². The van der Waals surface area contributed by atoms with Crippen molar-refractivity contribution in [2.24, 2.45) is 5.73 Å². The predicted octanol–water partition coefficient (Wildman–Crippen LogP) is 3.07. The van der Waals surface area contributed by atoms with Gasteiger partial charge in [0.25, 0.3) is 0 Å². The minimum Gasteiger partial charge on any atom is -0.337 e. The van der Waals surface area contributed by atoms with Crippen molar-refractivity contribution in [3.63, 3.8) is 0 Å². The Hall–Kier alpha value is -1.39. The monoisotopic (exact) mass is 265 g/mol. The molecule has 5 heteroatoms. The lowest BCUT2D eigenvalue weighted by Crippen LogP contribution is -2.16. The van der Waals surface area contributed by atoms with E-state index < -0.39 is 6.04 Å². The van der Waals surface area contributed by atoms with Crippen molar-refractivity contribution in [1.29, 1.82) is 0 Å². The Bertz CT molecular complexity index is 545. The highest BCUT2D eigenvalue weighted by Gasteiger charge is 2.24. The number of hydrogen-bond donors (Lipinski definition) is 1. The molecule has 0 radical (unpaired) electrons. The van der Waals surface area contributed by atoms with Crippen molar-refractivity contribution in [2.75, 3.05) is 0 Å². The first kappa shape index (κ1) is 13.1. The van der Waals surface area contributed by atoms with E-state index in [2.05, 4.69) is 10.1 Å². The molecule has 0 spiro atoms. The van der Waals surface area contributed by atoms with E-state index in [1.165, 1.54) is 0 Å². The number of nitrogens with two attached hydrogens (primary N) is 1. The van der Waals surface area contributed by atoms with Gasteiger partial charge in [-0.2, -0.15) is 4.98 Å². The van der Waals surface area contributed by atoms with Gasteiger partial charge in [-0.1, -0.05) is 55.7 Å². The molecule has 0 aliphatic heterocycles. The lowest BCUT2D eigenvalue weighted by atomic mass is 9.96. The number of hydrogen-bond acceptors (Lipinski definition) is 4. The van der Waals surface area contributed by atoms with E-state index in [4.69, 9.17) is 21.9 Å². The second kappa shape index (κ2) is 4.71. The van der Waals surface area contributed by atoms with E-state index in [1.807, 2.05) is 39.0 Å². The van der Waals surface area contributed by atoms with Crippen LogP contribution < -0.4 is 5.73 Å². The van der Waals surface area contributed by atoms with Gasteiger partial charge in [0.1, 0.15) is 6.04 Å². The quantitative estimate of drug-likeness (QED) is 0.906. The molecule has 1 aromatic heterocycles. The fourth-order valence-corrected chi connectivity index (χ4v) is 1.78. The smallest absolute Gasteiger partial charge is 0.248 e. The highest BCUT2D eigenvalue weighted by molar-refractivity contribution is 6.31. The Kier molecular flexibility index (Phi) is 3.41. The summed E-state index contributed by atoms with van der Waals surface area (Å²) < 4.78 is 5.22. The first-order valence-corrected chi connectivity index (χ1v) is 6.11. The van der Waals surface area contributed by atoms with Crippen LogP contribution in [-0.4, -0.2) is 10.1 Å². The number of halogens is 1. The molecular formula is C13H16ClN3O. The van der Waals surface area contributed by atoms with Crippen molar-refractivity contribution < 1.29 is 4.52 Å². The minimum absolute atomic E-state index is 0.165. The lowest BCUT2D eigenvalue weighted by molar-refractivity contribution is 0.354. The Morgan fingerprint density at radius 3 is 2.50 bits per heavy atom. The first-order valence-electron chi connectivity index (χ1n) is 5.73. The number of benzene rings is 1. The third kappa shape index (κ3) is 2.54. The van der Waals surface area contributed by atoms with Crippen molar-refractivity contribution in [2.45, 2.75) is 32.2 Å². The molecule has 18 heavy (non-hydrogen) atoms. The SMILES string of the molecule is CC(C)(C)c1noc([C@H](N)c2ccccc2Cl)n1. The summed E-state index contributed by atoms with van der Waals surface area (Å²) >= 11 is 6.10. The molecule has 1 aromatic carbocycles. The van der Waals surface area contributed by atoms with Gasteiger partial charge in [0.15, 0.2) is 5.82 Å². The molecule has 0 saturated heterocycles. The van der Waals surface area contributed by atoms with Crippen LogP contribution in [0.1, 0.15) is 44.1 Å². The van der Waals surface area contributed by atoms with E-state index in [9.17, 15) is 0 Å². The van der Waals surface area contributed by atoms with Gasteiger partial charge in [0.05, 0.1) is 0 Å². The van der Waals surface area contributed by atoms with Crippen LogP contribution in [0.15, 0.2) is 28.8 Å². The molecule has 0 fully saturated rings. The zero-order valence-corrected chi connectivity index (χ0v) is 11.4. The van der Waals surface area contributed by atoms with Gasteiger partial charge in [0.2, 0.25) is 5.89 Å². The van der Waals surface area contributed by atoms with E-state index >= 15 is 0 Å². The summed E-state index contributed by atoms with van der Waals surface area (Å²) in [6, 6.07) is 6.88. The van der Waals surface area contributed by atoms with Crippen LogP contribution in [-0.2, 0) is 5.41 Å². The average molecular weight is 266 g/mol. The maximum atomic E-state index is 6.10. The highest BCUT2D eigenvalue weighted by Crippen LogP contribution is 2.27. The highest BCUT2D eigenvalue weighted by atomic mass is 35.5. The fourth-order valence-electron chi connectivity index (χ4n) is 1.53. The number of nitrogens with zero attached hydrogens (tertiary/aromatic N) is 2. The standard InChI is InChI=1S/C13H16ClN3O/c1-13(2,3)12-16-11(18-17-12)10(15)8-6-4-5-7-9(8)14/h4-7,10H,15H2,1-3H3/t10-/m1/s1. The van der Waals surface area contributed by atoms with E-state index in [0.29, 0.717) is 16.7 Å². The molecule has 0 saturated carbocycles. The lowest BCUT2D eigenvalue weighted by Gasteiger charge is -2.11. The molecule has 2 N–H and O–H groups in total. The summed E-state index contributed by atoms with van der Waals surface area (Å²) in [5.74, 6) is 1.02. The Morgan fingerprint density at radius 2 is 1.94 bits per heavy atom. The zero-order chi connectivity index (χ0) is 13.3. The molecule has 1 atom stereocenters. The van der Waals surface area contributed by atoms with Gasteiger partial charge in [-0.3, -0.25) is 0 Å². The molecule has 1 heterocycles. The van der Waals surface area contributed by atoms with Crippen LogP contribution >= 0.6 is 11.6 Å². The zero-order valence-electron chi connectivity index (χ0n) is 10.6. The number of aromatic nitrogens is 2. The first-order chi connectivity index (χ1) is 8.39. The fraction of sp³-hybridized carbons (Fsp3) is 0.385. The Labute approximate surface area is 111 Å². The molecule has 0 bridgehead atoms. The number of rotatable bonds is 2. The molecule has 4 nitrogen and oxygen atoms in total. The van der Waals surface area contributed by atoms with Gasteiger partial charge in [-0.15, -0.1) is 0 Å². The molecule has 2 rings (SSSR count). The summed E-state index contributed by atoms with van der Waals surface area (Å²) in [5.41, 5.74) is 6.71. The van der Waals surface area contributed by atoms with Crippen molar-refractivity contribution in [1.82, 2.24) is 10.1 Å². The summed E-state index contributed by atoms with van der Waals surface area (Å²) in [6.45, 7) is 6.05. The summed E-state index contributed by atoms with van der Waals surface area (Å²) in [7, 11) is 0. The summed E-state index contributed by atoms with van der Waals surface area (Å²) in [5, 5.41) is 4.55. The normalized spacial score (nSPS) is 13.6. The van der Waals surface area contributed by atoms with Crippen molar-refractivity contribution in [3.05, 3.63) is 46.6 Å². The average Bonchev–Trinajstić information content (AvgIpc) is 2.77. The van der Waals surface area contributed by atoms with Crippen molar-refractivity contribution >= 4 is 11.6 Å². The Morgan fingerprint density at radius 1 is 1.28 bits per heavy atom.